The van der Waals surface area contributed by atoms with E-state index in [1.54, 1.807) is 0 Å². The minimum Gasteiger partial charge on any atom is -0.308 e. The average Bonchev–Trinajstić information content (AvgIpc) is 3.90. The molecule has 14 rings (SSSR count). The Balaban J connectivity index is 1.24. The molecule has 0 bridgehead atoms. The molecule has 0 radical (unpaired) electrons. The van der Waals surface area contributed by atoms with Crippen molar-refractivity contribution in [2.24, 2.45) is 0 Å². The van der Waals surface area contributed by atoms with E-state index in [4.69, 9.17) is 9.97 Å². The van der Waals surface area contributed by atoms with Gasteiger partial charge in [-0.15, -0.1) is 0 Å². The van der Waals surface area contributed by atoms with Crippen LogP contribution in [0.25, 0.3) is 127 Å². The highest BCUT2D eigenvalue weighted by Gasteiger charge is 2.30. The van der Waals surface area contributed by atoms with E-state index in [1.165, 1.54) is 71.3 Å². The van der Waals surface area contributed by atoms with Crippen molar-refractivity contribution in [2.75, 3.05) is 0 Å². The smallest absolute Gasteiger partial charge is 0.182 e. The Kier molecular flexibility index (Phi) is 5.96. The van der Waals surface area contributed by atoms with E-state index in [0.29, 0.717) is 0 Å². The number of aromatic nitrogens is 5. The Morgan fingerprint density at radius 2 is 0.847 bits per heavy atom. The van der Waals surface area contributed by atoms with Crippen molar-refractivity contribution in [3.8, 4) is 39.6 Å². The first kappa shape index (κ1) is 31.1. The lowest BCUT2D eigenvalue weighted by Crippen LogP contribution is -2.09. The summed E-state index contributed by atoms with van der Waals surface area (Å²) >= 11 is 0. The van der Waals surface area contributed by atoms with Crippen LogP contribution in [-0.4, -0.2) is 23.7 Å². The molecule has 1 aliphatic heterocycles. The second-order valence-electron chi connectivity index (χ2n) is 15.7. The fourth-order valence-corrected chi connectivity index (χ4v) is 10.4. The maximum atomic E-state index is 5.80. The third-order valence-corrected chi connectivity index (χ3v) is 12.8. The van der Waals surface area contributed by atoms with E-state index < -0.39 is 0 Å². The van der Waals surface area contributed by atoms with Gasteiger partial charge in [-0.25, -0.2) is 9.97 Å². The maximum absolute atomic E-state index is 5.80. The monoisotopic (exact) mass is 749 g/mol. The van der Waals surface area contributed by atoms with Crippen LogP contribution in [0.3, 0.4) is 0 Å². The molecule has 4 aromatic heterocycles. The van der Waals surface area contributed by atoms with Crippen LogP contribution in [0.15, 0.2) is 188 Å². The van der Waals surface area contributed by atoms with Crippen LogP contribution in [0.2, 0.25) is 0 Å². The summed E-state index contributed by atoms with van der Waals surface area (Å²) < 4.78 is 7.24. The van der Waals surface area contributed by atoms with E-state index in [0.717, 1.165) is 55.5 Å². The van der Waals surface area contributed by atoms with Crippen molar-refractivity contribution < 1.29 is 0 Å². The normalized spacial score (nSPS) is 12.4. The molecule has 9 aromatic carbocycles. The number of benzene rings is 9. The second-order valence-corrected chi connectivity index (χ2v) is 15.7. The van der Waals surface area contributed by atoms with Gasteiger partial charge < -0.3 is 4.57 Å². The van der Waals surface area contributed by atoms with Crippen molar-refractivity contribution in [3.05, 3.63) is 188 Å². The van der Waals surface area contributed by atoms with E-state index >= 15 is 0 Å². The first-order valence-electron chi connectivity index (χ1n) is 20.2. The molecule has 5 nitrogen and oxygen atoms in total. The van der Waals surface area contributed by atoms with Crippen molar-refractivity contribution in [3.63, 3.8) is 0 Å². The summed E-state index contributed by atoms with van der Waals surface area (Å²) in [6.07, 6.45) is 0. The molecular formula is C54H31N5. The molecule has 0 saturated carbocycles. The third-order valence-electron chi connectivity index (χ3n) is 12.8. The summed E-state index contributed by atoms with van der Waals surface area (Å²) in [5.74, 6) is 1.57. The number of rotatable bonds is 2. The van der Waals surface area contributed by atoms with Crippen molar-refractivity contribution in [2.45, 2.75) is 0 Å². The predicted octanol–water partition coefficient (Wildman–Crippen LogP) is 13.7. The Morgan fingerprint density at radius 1 is 0.339 bits per heavy atom. The van der Waals surface area contributed by atoms with Crippen molar-refractivity contribution in [1.82, 2.24) is 23.7 Å². The highest BCUT2D eigenvalue weighted by Crippen LogP contribution is 2.52. The molecule has 0 amide bonds. The molecule has 0 N–H and O–H groups in total. The summed E-state index contributed by atoms with van der Waals surface area (Å²) in [6, 6.07) is 68.1. The molecule has 5 heteroatoms. The fraction of sp³-hybridized carbons (Fsp3) is 0. The van der Waals surface area contributed by atoms with Crippen LogP contribution in [0, 0.1) is 0 Å². The molecule has 0 atom stereocenters. The topological polar surface area (TPSA) is 40.6 Å². The quantitative estimate of drug-likeness (QED) is 0.165. The number of nitrogens with zero attached hydrogens (tertiary/aromatic N) is 5. The molecule has 0 saturated heterocycles. The van der Waals surface area contributed by atoms with Gasteiger partial charge in [-0.3, -0.25) is 9.13 Å². The average molecular weight is 750 g/mol. The Morgan fingerprint density at radius 3 is 1.58 bits per heavy atom. The maximum Gasteiger partial charge on any atom is 0.182 e. The summed E-state index contributed by atoms with van der Waals surface area (Å²) in [7, 11) is 0. The molecule has 59 heavy (non-hydrogen) atoms. The van der Waals surface area contributed by atoms with Gasteiger partial charge in [0.15, 0.2) is 11.6 Å². The van der Waals surface area contributed by atoms with Crippen molar-refractivity contribution in [1.29, 1.82) is 0 Å². The van der Waals surface area contributed by atoms with E-state index in [2.05, 4.69) is 202 Å². The summed E-state index contributed by atoms with van der Waals surface area (Å²) in [4.78, 5) is 11.5. The summed E-state index contributed by atoms with van der Waals surface area (Å²) in [5, 5.41) is 9.38. The SMILES string of the molecule is c1ccc2c(c1)-c1ccccc1-n1c3ccccc3c3cc4c(c-2c31)c1ccccc1n4-c1nc2c(ccc3ccccc32)nc1-n1c2ccccc2c2ccccc21. The molecule has 272 valence electrons. The van der Waals surface area contributed by atoms with Crippen LogP contribution >= 0.6 is 0 Å². The lowest BCUT2D eigenvalue weighted by Gasteiger charge is -2.17. The largest absolute Gasteiger partial charge is 0.308 e. The molecular weight excluding hydrogens is 719 g/mol. The number of para-hydroxylation sites is 5. The summed E-state index contributed by atoms with van der Waals surface area (Å²) in [5.41, 5.74) is 14.6. The molecule has 13 aromatic rings. The Labute approximate surface area is 337 Å². The highest BCUT2D eigenvalue weighted by molar-refractivity contribution is 6.28. The van der Waals surface area contributed by atoms with Crippen LogP contribution in [0.5, 0.6) is 0 Å². The zero-order valence-electron chi connectivity index (χ0n) is 31.6. The first-order chi connectivity index (χ1) is 29.3. The number of hydrogen-bond acceptors (Lipinski definition) is 2. The molecule has 5 heterocycles. The van der Waals surface area contributed by atoms with Crippen molar-refractivity contribution >= 4 is 87.2 Å². The lowest BCUT2D eigenvalue weighted by atomic mass is 9.91. The van der Waals surface area contributed by atoms with Crippen LogP contribution in [0.4, 0.5) is 0 Å². The van der Waals surface area contributed by atoms with E-state index in [-0.39, 0.29) is 0 Å². The Hall–Kier alpha value is -8.02. The third kappa shape index (κ3) is 3.98. The van der Waals surface area contributed by atoms with Gasteiger partial charge in [-0.05, 0) is 59.0 Å². The van der Waals surface area contributed by atoms with Crippen LogP contribution in [0.1, 0.15) is 0 Å². The molecule has 0 unspecified atom stereocenters. The van der Waals surface area contributed by atoms with Gasteiger partial charge >= 0.3 is 0 Å². The van der Waals surface area contributed by atoms with Crippen LogP contribution < -0.4 is 0 Å². The molecule has 1 aliphatic rings. The zero-order valence-corrected chi connectivity index (χ0v) is 31.6. The van der Waals surface area contributed by atoms with Gasteiger partial charge in [0.1, 0.15) is 0 Å². The van der Waals surface area contributed by atoms with E-state index in [9.17, 15) is 0 Å². The summed E-state index contributed by atoms with van der Waals surface area (Å²) in [6.45, 7) is 0. The van der Waals surface area contributed by atoms with Gasteiger partial charge in [0.05, 0.1) is 49.8 Å². The molecule has 0 aliphatic carbocycles. The zero-order chi connectivity index (χ0) is 38.3. The van der Waals surface area contributed by atoms with Gasteiger partial charge in [-0.1, -0.05) is 146 Å². The van der Waals surface area contributed by atoms with Gasteiger partial charge in [0, 0.05) is 48.8 Å². The minimum absolute atomic E-state index is 0.784. The first-order valence-corrected chi connectivity index (χ1v) is 20.2. The molecule has 0 fully saturated rings. The highest BCUT2D eigenvalue weighted by atomic mass is 15.2. The Bertz CT molecular complexity index is 3920. The van der Waals surface area contributed by atoms with Gasteiger partial charge in [0.2, 0.25) is 0 Å². The lowest BCUT2D eigenvalue weighted by molar-refractivity contribution is 0.997. The van der Waals surface area contributed by atoms with Gasteiger partial charge in [0.25, 0.3) is 0 Å². The molecule has 0 spiro atoms. The van der Waals surface area contributed by atoms with Gasteiger partial charge in [-0.2, -0.15) is 0 Å². The fourth-order valence-electron chi connectivity index (χ4n) is 10.4. The van der Waals surface area contributed by atoms with Crippen LogP contribution in [-0.2, 0) is 0 Å². The number of fused-ring (bicyclic) bond motifs is 18. The van der Waals surface area contributed by atoms with E-state index in [1.807, 2.05) is 0 Å². The predicted molar refractivity (Wildman–Crippen MR) is 244 cm³/mol. The standard InChI is InChI=1S/C54H31N5/c1-2-16-33-32(15-1)29-30-42-51(33)56-54(53(55-42)58-45-26-12-6-19-36(45)37-20-7-13-27-46(37)58)59-47-28-14-9-23-40(47)49-48(59)31-41-38-21-8-11-25-44(38)57-43-24-10-5-18-35(43)34-17-3-4-22-39(34)50(49)52(41)57/h1-31H. The minimum atomic E-state index is 0.784. The number of hydrogen-bond donors (Lipinski definition) is 0. The second kappa shape index (κ2) is 11.3.